The molecule has 2 heterocycles. The lowest BCUT2D eigenvalue weighted by atomic mass is 9.96. The van der Waals surface area contributed by atoms with Crippen LogP contribution in [0.2, 0.25) is 0 Å². The fourth-order valence-corrected chi connectivity index (χ4v) is 3.60. The molecule has 2 aromatic carbocycles. The van der Waals surface area contributed by atoms with Gasteiger partial charge in [0, 0.05) is 31.1 Å². The maximum Gasteiger partial charge on any atom is 0.317 e. The van der Waals surface area contributed by atoms with Crippen molar-refractivity contribution >= 4 is 23.0 Å². The SMILES string of the molecule is NC(=O)c1ccc(CNC(=O)N2CCC(c3nc4ccccc4[nH]3)CC2)cc1. The molecule has 1 fully saturated rings. The lowest BCUT2D eigenvalue weighted by Crippen LogP contribution is -2.43. The van der Waals surface area contributed by atoms with Crippen LogP contribution in [-0.4, -0.2) is 39.9 Å². The number of aromatic nitrogens is 2. The van der Waals surface area contributed by atoms with Gasteiger partial charge >= 0.3 is 6.03 Å². The first-order valence-electron chi connectivity index (χ1n) is 9.46. The van der Waals surface area contributed by atoms with Gasteiger partial charge in [-0.1, -0.05) is 24.3 Å². The lowest BCUT2D eigenvalue weighted by molar-refractivity contribution is 0.1000. The zero-order valence-corrected chi connectivity index (χ0v) is 15.5. The van der Waals surface area contributed by atoms with Gasteiger partial charge in [0.2, 0.25) is 5.91 Å². The molecule has 0 unspecified atom stereocenters. The van der Waals surface area contributed by atoms with Gasteiger partial charge in [0.1, 0.15) is 5.82 Å². The number of carbonyl (C=O) groups excluding carboxylic acids is 2. The Morgan fingerprint density at radius 1 is 1.11 bits per heavy atom. The van der Waals surface area contributed by atoms with Crippen LogP contribution in [0.3, 0.4) is 0 Å². The zero-order valence-electron chi connectivity index (χ0n) is 15.5. The van der Waals surface area contributed by atoms with E-state index in [1.807, 2.05) is 29.2 Å². The summed E-state index contributed by atoms with van der Waals surface area (Å²) in [6.45, 7) is 1.82. The smallest absolute Gasteiger partial charge is 0.317 e. The molecule has 28 heavy (non-hydrogen) atoms. The van der Waals surface area contributed by atoms with Crippen LogP contribution in [-0.2, 0) is 6.54 Å². The number of nitrogens with zero attached hydrogens (tertiary/aromatic N) is 2. The molecule has 1 aromatic heterocycles. The minimum atomic E-state index is -0.456. The van der Waals surface area contributed by atoms with E-state index in [2.05, 4.69) is 10.3 Å². The standard InChI is InChI=1S/C21H23N5O2/c22-19(27)15-7-5-14(6-8-15)13-23-21(28)26-11-9-16(10-12-26)20-24-17-3-1-2-4-18(17)25-20/h1-8,16H,9-13H2,(H2,22,27)(H,23,28)(H,24,25). The number of primary amides is 1. The van der Waals surface area contributed by atoms with Gasteiger partial charge in [-0.05, 0) is 42.7 Å². The van der Waals surface area contributed by atoms with Crippen LogP contribution in [0.4, 0.5) is 4.79 Å². The van der Waals surface area contributed by atoms with Gasteiger partial charge in [0.15, 0.2) is 0 Å². The first kappa shape index (κ1) is 18.0. The highest BCUT2D eigenvalue weighted by Gasteiger charge is 2.25. The summed E-state index contributed by atoms with van der Waals surface area (Å²) in [6.07, 6.45) is 1.78. The number of hydrogen-bond donors (Lipinski definition) is 3. The number of benzene rings is 2. The summed E-state index contributed by atoms with van der Waals surface area (Å²) in [5.74, 6) is 0.900. The van der Waals surface area contributed by atoms with E-state index in [1.54, 1.807) is 24.3 Å². The summed E-state index contributed by atoms with van der Waals surface area (Å²) >= 11 is 0. The summed E-state index contributed by atoms with van der Waals surface area (Å²) in [5.41, 5.74) is 8.67. The number of aromatic amines is 1. The molecule has 1 aliphatic heterocycles. The van der Waals surface area contributed by atoms with Gasteiger partial charge in [-0.25, -0.2) is 9.78 Å². The Morgan fingerprint density at radius 3 is 2.50 bits per heavy atom. The molecule has 144 valence electrons. The summed E-state index contributed by atoms with van der Waals surface area (Å²) < 4.78 is 0. The minimum Gasteiger partial charge on any atom is -0.366 e. The van der Waals surface area contributed by atoms with Crippen molar-refractivity contribution in [1.82, 2.24) is 20.2 Å². The second kappa shape index (κ2) is 7.72. The highest BCUT2D eigenvalue weighted by molar-refractivity contribution is 5.92. The van der Waals surface area contributed by atoms with E-state index in [0.29, 0.717) is 31.1 Å². The molecule has 7 nitrogen and oxygen atoms in total. The maximum atomic E-state index is 12.4. The van der Waals surface area contributed by atoms with Crippen molar-refractivity contribution in [3.63, 3.8) is 0 Å². The molecule has 0 aliphatic carbocycles. The monoisotopic (exact) mass is 377 g/mol. The van der Waals surface area contributed by atoms with E-state index in [4.69, 9.17) is 10.7 Å². The molecular weight excluding hydrogens is 354 g/mol. The van der Waals surface area contributed by atoms with Crippen LogP contribution < -0.4 is 11.1 Å². The fourth-order valence-electron chi connectivity index (χ4n) is 3.60. The largest absolute Gasteiger partial charge is 0.366 e. The van der Waals surface area contributed by atoms with Gasteiger partial charge in [-0.2, -0.15) is 0 Å². The zero-order chi connectivity index (χ0) is 19.5. The van der Waals surface area contributed by atoms with Gasteiger partial charge < -0.3 is 20.9 Å². The summed E-state index contributed by atoms with van der Waals surface area (Å²) in [7, 11) is 0. The fraction of sp³-hybridized carbons (Fsp3) is 0.286. The van der Waals surface area contributed by atoms with Crippen molar-refractivity contribution in [1.29, 1.82) is 0 Å². The molecule has 7 heteroatoms. The van der Waals surface area contributed by atoms with Crippen molar-refractivity contribution in [2.75, 3.05) is 13.1 Å². The molecule has 0 radical (unpaired) electrons. The summed E-state index contributed by atoms with van der Waals surface area (Å²) in [4.78, 5) is 33.5. The van der Waals surface area contributed by atoms with Crippen LogP contribution in [0.5, 0.6) is 0 Å². The second-order valence-corrected chi connectivity index (χ2v) is 7.12. The second-order valence-electron chi connectivity index (χ2n) is 7.12. The van der Waals surface area contributed by atoms with E-state index < -0.39 is 5.91 Å². The molecule has 0 atom stereocenters. The Hall–Kier alpha value is -3.35. The number of fused-ring (bicyclic) bond motifs is 1. The number of para-hydroxylation sites is 2. The van der Waals surface area contributed by atoms with E-state index in [9.17, 15) is 9.59 Å². The van der Waals surface area contributed by atoms with Gasteiger partial charge in [0.05, 0.1) is 11.0 Å². The van der Waals surface area contributed by atoms with Crippen LogP contribution in [0.15, 0.2) is 48.5 Å². The number of carbonyl (C=O) groups is 2. The third kappa shape index (κ3) is 3.83. The Balaban J connectivity index is 1.29. The predicted octanol–water partition coefficient (Wildman–Crippen LogP) is 2.75. The number of rotatable bonds is 4. The summed E-state index contributed by atoms with van der Waals surface area (Å²) in [5, 5.41) is 2.94. The third-order valence-corrected chi connectivity index (χ3v) is 5.26. The molecule has 0 saturated carbocycles. The number of hydrogen-bond acceptors (Lipinski definition) is 3. The topological polar surface area (TPSA) is 104 Å². The Morgan fingerprint density at radius 2 is 1.82 bits per heavy atom. The molecule has 0 bridgehead atoms. The predicted molar refractivity (Wildman–Crippen MR) is 107 cm³/mol. The Labute approximate surface area is 162 Å². The van der Waals surface area contributed by atoms with Gasteiger partial charge in [0.25, 0.3) is 0 Å². The van der Waals surface area contributed by atoms with Crippen molar-refractivity contribution in [3.8, 4) is 0 Å². The highest BCUT2D eigenvalue weighted by atomic mass is 16.2. The first-order chi connectivity index (χ1) is 13.6. The molecule has 4 N–H and O–H groups in total. The van der Waals surface area contributed by atoms with Crippen molar-refractivity contribution in [2.45, 2.75) is 25.3 Å². The molecule has 4 rings (SSSR count). The van der Waals surface area contributed by atoms with Gasteiger partial charge in [-0.3, -0.25) is 4.79 Å². The number of amides is 3. The van der Waals surface area contributed by atoms with Crippen LogP contribution in [0.1, 0.15) is 40.5 Å². The normalized spacial score (nSPS) is 14.9. The van der Waals surface area contributed by atoms with Crippen LogP contribution >= 0.6 is 0 Å². The average molecular weight is 377 g/mol. The quantitative estimate of drug-likeness (QED) is 0.651. The van der Waals surface area contributed by atoms with E-state index in [1.165, 1.54) is 0 Å². The van der Waals surface area contributed by atoms with E-state index in [0.717, 1.165) is 35.3 Å². The molecular formula is C21H23N5O2. The molecule has 3 amide bonds. The lowest BCUT2D eigenvalue weighted by Gasteiger charge is -2.31. The van der Waals surface area contributed by atoms with Gasteiger partial charge in [-0.15, -0.1) is 0 Å². The van der Waals surface area contributed by atoms with E-state index >= 15 is 0 Å². The number of urea groups is 1. The first-order valence-corrected chi connectivity index (χ1v) is 9.46. The van der Waals surface area contributed by atoms with Crippen molar-refractivity contribution < 1.29 is 9.59 Å². The number of nitrogens with two attached hydrogens (primary N) is 1. The number of likely N-dealkylation sites (tertiary alicyclic amines) is 1. The number of H-pyrrole nitrogens is 1. The van der Waals surface area contributed by atoms with Crippen molar-refractivity contribution in [3.05, 3.63) is 65.5 Å². The number of piperidine rings is 1. The third-order valence-electron chi connectivity index (χ3n) is 5.26. The van der Waals surface area contributed by atoms with Crippen molar-refractivity contribution in [2.24, 2.45) is 5.73 Å². The number of imidazole rings is 1. The summed E-state index contributed by atoms with van der Waals surface area (Å²) in [6, 6.07) is 14.9. The number of nitrogens with one attached hydrogen (secondary N) is 2. The highest BCUT2D eigenvalue weighted by Crippen LogP contribution is 2.27. The maximum absolute atomic E-state index is 12.4. The van der Waals surface area contributed by atoms with Crippen LogP contribution in [0, 0.1) is 0 Å². The van der Waals surface area contributed by atoms with E-state index in [-0.39, 0.29) is 6.03 Å². The molecule has 3 aromatic rings. The molecule has 0 spiro atoms. The Kier molecular flexibility index (Phi) is 4.97. The Bertz CT molecular complexity index is 954. The molecule has 1 saturated heterocycles. The minimum absolute atomic E-state index is 0.0676. The molecule has 1 aliphatic rings. The van der Waals surface area contributed by atoms with Crippen LogP contribution in [0.25, 0.3) is 11.0 Å². The average Bonchev–Trinajstić information content (AvgIpc) is 3.16.